The molecule has 1 amide bonds. The van der Waals surface area contributed by atoms with Crippen molar-refractivity contribution in [1.82, 2.24) is 20.3 Å². The van der Waals surface area contributed by atoms with Gasteiger partial charge < -0.3 is 24.4 Å². The second kappa shape index (κ2) is 11.1. The molecular formula is C28H25F2N5O6S. The highest BCUT2D eigenvalue weighted by Crippen LogP contribution is 2.36. The van der Waals surface area contributed by atoms with Gasteiger partial charge in [-0.25, -0.2) is 27.2 Å². The summed E-state index contributed by atoms with van der Waals surface area (Å²) in [5.74, 6) is -0.502. The van der Waals surface area contributed by atoms with Crippen LogP contribution < -0.4 is 19.7 Å². The zero-order valence-corrected chi connectivity index (χ0v) is 23.2. The average Bonchev–Trinajstić information content (AvgIpc) is 3.10. The highest BCUT2D eigenvalue weighted by Gasteiger charge is 2.35. The minimum Gasteiger partial charge on any atom is -0.489 e. The van der Waals surface area contributed by atoms with Gasteiger partial charge in [0.2, 0.25) is 15.3 Å². The molecule has 0 bridgehead atoms. The van der Waals surface area contributed by atoms with Gasteiger partial charge in [0.05, 0.1) is 37.5 Å². The van der Waals surface area contributed by atoms with Crippen LogP contribution in [0, 0.1) is 5.82 Å². The van der Waals surface area contributed by atoms with E-state index in [1.807, 2.05) is 23.1 Å². The summed E-state index contributed by atoms with van der Waals surface area (Å²) in [6, 6.07) is 9.11. The number of rotatable bonds is 6. The van der Waals surface area contributed by atoms with E-state index in [1.165, 1.54) is 0 Å². The Kier molecular flexibility index (Phi) is 7.33. The minimum atomic E-state index is -4.52. The molecule has 6 rings (SSSR count). The molecule has 5 heterocycles. The van der Waals surface area contributed by atoms with Crippen molar-refractivity contribution in [3.63, 3.8) is 0 Å². The summed E-state index contributed by atoms with van der Waals surface area (Å²) in [6.07, 6.45) is 2.90. The molecule has 42 heavy (non-hydrogen) atoms. The SMILES string of the molecule is COCc1cnc2c(c1)OCCN2c1ccc2cnc(CNC(=O)c3cc(F)c4c(c3)S(=O)(=O)[C@@H](F)CCO4)cc2n1. The minimum absolute atomic E-state index is 0.0570. The van der Waals surface area contributed by atoms with E-state index in [0.29, 0.717) is 48.4 Å². The number of hydrogen-bond acceptors (Lipinski definition) is 10. The molecule has 0 aliphatic carbocycles. The number of alkyl halides is 1. The lowest BCUT2D eigenvalue weighted by Gasteiger charge is -2.29. The van der Waals surface area contributed by atoms with Gasteiger partial charge in [0.25, 0.3) is 5.91 Å². The van der Waals surface area contributed by atoms with E-state index in [4.69, 9.17) is 19.2 Å². The number of ether oxygens (including phenoxy) is 3. The first-order chi connectivity index (χ1) is 20.2. The number of nitrogens with zero attached hydrogens (tertiary/aromatic N) is 4. The Hall–Kier alpha value is -4.43. The van der Waals surface area contributed by atoms with Crippen molar-refractivity contribution >= 4 is 38.3 Å². The lowest BCUT2D eigenvalue weighted by molar-refractivity contribution is 0.0949. The highest BCUT2D eigenvalue weighted by atomic mass is 32.2. The van der Waals surface area contributed by atoms with Gasteiger partial charge >= 0.3 is 0 Å². The number of benzene rings is 1. The molecule has 218 valence electrons. The molecule has 14 heteroatoms. The molecule has 3 aromatic heterocycles. The Balaban J connectivity index is 1.22. The van der Waals surface area contributed by atoms with Crippen molar-refractivity contribution in [2.24, 2.45) is 0 Å². The average molecular weight is 598 g/mol. The molecule has 1 aromatic carbocycles. The number of carbonyl (C=O) groups excluding carboxylic acids is 1. The first kappa shape index (κ1) is 27.7. The number of methoxy groups -OCH3 is 1. The summed E-state index contributed by atoms with van der Waals surface area (Å²) in [7, 11) is -2.91. The Morgan fingerprint density at radius 1 is 1.14 bits per heavy atom. The smallest absolute Gasteiger partial charge is 0.251 e. The number of fused-ring (bicyclic) bond motifs is 3. The molecule has 11 nitrogen and oxygen atoms in total. The third-order valence-electron chi connectivity index (χ3n) is 6.86. The van der Waals surface area contributed by atoms with E-state index in [1.54, 1.807) is 25.6 Å². The third kappa shape index (κ3) is 5.18. The molecule has 0 saturated heterocycles. The van der Waals surface area contributed by atoms with Gasteiger partial charge in [-0.2, -0.15) is 0 Å². The van der Waals surface area contributed by atoms with E-state index in [0.717, 1.165) is 23.1 Å². The molecule has 0 radical (unpaired) electrons. The van der Waals surface area contributed by atoms with Crippen molar-refractivity contribution in [3.05, 3.63) is 71.4 Å². The molecule has 0 unspecified atom stereocenters. The van der Waals surface area contributed by atoms with Crippen LogP contribution in [0.25, 0.3) is 10.9 Å². The topological polar surface area (TPSA) is 133 Å². The molecule has 1 N–H and O–H groups in total. The Morgan fingerprint density at radius 3 is 2.83 bits per heavy atom. The molecule has 2 aliphatic heterocycles. The second-order valence-electron chi connectivity index (χ2n) is 9.70. The second-order valence-corrected chi connectivity index (χ2v) is 11.7. The van der Waals surface area contributed by atoms with Gasteiger partial charge in [-0.1, -0.05) is 0 Å². The van der Waals surface area contributed by atoms with Crippen LogP contribution in [0.1, 0.15) is 28.0 Å². The largest absolute Gasteiger partial charge is 0.489 e. The molecule has 2 aliphatic rings. The van der Waals surface area contributed by atoms with Crippen LogP contribution in [0.2, 0.25) is 0 Å². The van der Waals surface area contributed by atoms with Crippen molar-refractivity contribution < 1.29 is 36.2 Å². The first-order valence-electron chi connectivity index (χ1n) is 13.0. The van der Waals surface area contributed by atoms with Crippen molar-refractivity contribution in [1.29, 1.82) is 0 Å². The summed E-state index contributed by atoms with van der Waals surface area (Å²) < 4.78 is 70.0. The predicted molar refractivity (Wildman–Crippen MR) is 147 cm³/mol. The number of carbonyl (C=O) groups is 1. The van der Waals surface area contributed by atoms with Gasteiger partial charge in [-0.05, 0) is 42.0 Å². The number of nitrogens with one attached hydrogen (secondary N) is 1. The van der Waals surface area contributed by atoms with Crippen LogP contribution in [0.3, 0.4) is 0 Å². The molecule has 0 spiro atoms. The predicted octanol–water partition coefficient (Wildman–Crippen LogP) is 3.62. The van der Waals surface area contributed by atoms with Gasteiger partial charge in [0, 0.05) is 36.9 Å². The van der Waals surface area contributed by atoms with Crippen LogP contribution >= 0.6 is 0 Å². The zero-order valence-electron chi connectivity index (χ0n) is 22.3. The summed E-state index contributed by atoms with van der Waals surface area (Å²) in [5.41, 5.74) is -0.590. The lowest BCUT2D eigenvalue weighted by Crippen LogP contribution is -2.30. The number of anilines is 2. The fraction of sp³-hybridized carbons (Fsp3) is 0.286. The number of pyridine rings is 3. The maximum Gasteiger partial charge on any atom is 0.251 e. The summed E-state index contributed by atoms with van der Waals surface area (Å²) in [6.45, 7) is 1.04. The standard InChI is InChI=1S/C28H25F2N5O6S/c1-39-15-16-8-22-27(32-12-16)35(5-7-40-22)25-3-2-17-13-31-19(11-21(17)34-25)14-33-28(36)18-9-20(29)26-23(10-18)42(37,38)24(30)4-6-41-26/h2-3,8-13,24H,4-7,14-15H2,1H3,(H,33,36)/t24-/m1/s1. The van der Waals surface area contributed by atoms with Crippen LogP contribution in [0.5, 0.6) is 11.5 Å². The van der Waals surface area contributed by atoms with E-state index in [2.05, 4.69) is 15.3 Å². The quantitative estimate of drug-likeness (QED) is 0.351. The maximum atomic E-state index is 14.7. The third-order valence-corrected chi connectivity index (χ3v) is 8.68. The van der Waals surface area contributed by atoms with Crippen molar-refractivity contribution in [2.75, 3.05) is 31.8 Å². The Bertz CT molecular complexity index is 1810. The van der Waals surface area contributed by atoms with Crippen LogP contribution in [-0.2, 0) is 27.7 Å². The monoisotopic (exact) mass is 597 g/mol. The van der Waals surface area contributed by atoms with E-state index in [-0.39, 0.29) is 18.7 Å². The molecule has 1 atom stereocenters. The number of hydrogen-bond donors (Lipinski definition) is 1. The molecular weight excluding hydrogens is 572 g/mol. The first-order valence-corrected chi connectivity index (χ1v) is 14.6. The summed E-state index contributed by atoms with van der Waals surface area (Å²) >= 11 is 0. The van der Waals surface area contributed by atoms with Crippen LogP contribution in [-0.4, -0.2) is 61.6 Å². The number of halogens is 2. The van der Waals surface area contributed by atoms with Gasteiger partial charge in [0.1, 0.15) is 17.3 Å². The van der Waals surface area contributed by atoms with Gasteiger partial charge in [-0.15, -0.1) is 0 Å². The number of sulfone groups is 1. The Labute approximate surface area is 239 Å². The van der Waals surface area contributed by atoms with Crippen LogP contribution in [0.4, 0.5) is 20.4 Å². The van der Waals surface area contributed by atoms with Crippen molar-refractivity contribution in [3.8, 4) is 11.5 Å². The maximum absolute atomic E-state index is 14.7. The van der Waals surface area contributed by atoms with E-state index >= 15 is 0 Å². The molecule has 0 saturated carbocycles. The molecule has 4 aromatic rings. The normalized spacial score (nSPS) is 17.4. The molecule has 0 fully saturated rings. The number of aromatic nitrogens is 3. The van der Waals surface area contributed by atoms with Crippen molar-refractivity contribution in [2.45, 2.75) is 30.0 Å². The summed E-state index contributed by atoms with van der Waals surface area (Å²) in [4.78, 5) is 27.8. The fourth-order valence-corrected chi connectivity index (χ4v) is 6.16. The fourth-order valence-electron chi connectivity index (χ4n) is 4.77. The van der Waals surface area contributed by atoms with Gasteiger partial charge in [-0.3, -0.25) is 9.78 Å². The van der Waals surface area contributed by atoms with Gasteiger partial charge in [0.15, 0.2) is 23.1 Å². The zero-order chi connectivity index (χ0) is 29.4. The lowest BCUT2D eigenvalue weighted by atomic mass is 10.2. The Morgan fingerprint density at radius 2 is 2.00 bits per heavy atom. The van der Waals surface area contributed by atoms with Crippen LogP contribution in [0.15, 0.2) is 53.7 Å². The van der Waals surface area contributed by atoms with E-state index in [9.17, 15) is 22.0 Å². The summed E-state index contributed by atoms with van der Waals surface area (Å²) in [5, 5.41) is 3.37. The highest BCUT2D eigenvalue weighted by molar-refractivity contribution is 7.92. The van der Waals surface area contributed by atoms with E-state index < -0.39 is 44.1 Å². The number of amides is 1.